The molecule has 0 unspecified atom stereocenters. The maximum atomic E-state index is 12.1. The van der Waals surface area contributed by atoms with Gasteiger partial charge in [-0.05, 0) is 19.3 Å². The Morgan fingerprint density at radius 1 is 1.10 bits per heavy atom. The van der Waals surface area contributed by atoms with Crippen molar-refractivity contribution in [3.8, 4) is 0 Å². The third-order valence-electron chi connectivity index (χ3n) is 3.57. The van der Waals surface area contributed by atoms with Gasteiger partial charge in [-0.2, -0.15) is 0 Å². The minimum Gasteiger partial charge on any atom is -0.348 e. The molecule has 6 heteroatoms. The molecule has 0 atom stereocenters. The van der Waals surface area contributed by atoms with Crippen molar-refractivity contribution < 1.29 is 9.59 Å². The quantitative estimate of drug-likeness (QED) is 0.535. The molecule has 0 aliphatic carbocycles. The summed E-state index contributed by atoms with van der Waals surface area (Å²) < 4.78 is 0. The fraction of sp³-hybridized carbons (Fsp3) is 0.857. The van der Waals surface area contributed by atoms with Crippen molar-refractivity contribution in [1.29, 1.82) is 0 Å². The number of carbonyl (C=O) groups excluding carboxylic acids is 2. The van der Waals surface area contributed by atoms with Gasteiger partial charge >= 0.3 is 0 Å². The lowest BCUT2D eigenvalue weighted by atomic mass is 10.2. The van der Waals surface area contributed by atoms with Crippen LogP contribution in [0, 0.1) is 0 Å². The summed E-state index contributed by atoms with van der Waals surface area (Å²) in [5.74, 6) is 0.383. The summed E-state index contributed by atoms with van der Waals surface area (Å²) in [6, 6.07) is 0. The normalized spacial score (nSPS) is 16.9. The van der Waals surface area contributed by atoms with E-state index in [1.54, 1.807) is 19.0 Å². The molecule has 116 valence electrons. The standard InChI is InChI=1S/C14H26BrN3O2/c1-16(2)14(20)12-17-8-5-9-18(11-10-17)13(19)6-3-4-7-15/h3-12H2,1-2H3. The van der Waals surface area contributed by atoms with E-state index in [0.29, 0.717) is 13.0 Å². The van der Waals surface area contributed by atoms with E-state index in [-0.39, 0.29) is 11.8 Å². The number of amides is 2. The summed E-state index contributed by atoms with van der Waals surface area (Å²) in [6.07, 6.45) is 3.58. The van der Waals surface area contributed by atoms with Crippen LogP contribution in [0.5, 0.6) is 0 Å². The lowest BCUT2D eigenvalue weighted by Gasteiger charge is -2.22. The highest BCUT2D eigenvalue weighted by Crippen LogP contribution is 2.08. The Bertz CT molecular complexity index is 324. The van der Waals surface area contributed by atoms with Gasteiger partial charge in [-0.25, -0.2) is 0 Å². The molecule has 0 saturated carbocycles. The summed E-state index contributed by atoms with van der Waals surface area (Å²) in [5, 5.41) is 0.959. The fourth-order valence-electron chi connectivity index (χ4n) is 2.24. The van der Waals surface area contributed by atoms with E-state index in [2.05, 4.69) is 20.8 Å². The minimum atomic E-state index is 0.127. The van der Waals surface area contributed by atoms with E-state index >= 15 is 0 Å². The smallest absolute Gasteiger partial charge is 0.236 e. The van der Waals surface area contributed by atoms with Gasteiger partial charge in [-0.1, -0.05) is 15.9 Å². The summed E-state index contributed by atoms with van der Waals surface area (Å²) in [7, 11) is 3.56. The predicted octanol–water partition coefficient (Wildman–Crippen LogP) is 1.17. The second-order valence-electron chi connectivity index (χ2n) is 5.44. The molecule has 2 amide bonds. The number of likely N-dealkylation sites (N-methyl/N-ethyl adjacent to an activating group) is 1. The summed E-state index contributed by atoms with van der Waals surface area (Å²) in [6.45, 7) is 3.71. The molecule has 5 nitrogen and oxygen atoms in total. The van der Waals surface area contributed by atoms with E-state index in [4.69, 9.17) is 0 Å². The van der Waals surface area contributed by atoms with Gasteiger partial charge in [0.2, 0.25) is 11.8 Å². The zero-order chi connectivity index (χ0) is 15.0. The highest BCUT2D eigenvalue weighted by Gasteiger charge is 2.20. The Balaban J connectivity index is 2.35. The van der Waals surface area contributed by atoms with Gasteiger partial charge in [0.25, 0.3) is 0 Å². The van der Waals surface area contributed by atoms with Crippen molar-refractivity contribution in [2.24, 2.45) is 0 Å². The molecule has 20 heavy (non-hydrogen) atoms. The zero-order valence-corrected chi connectivity index (χ0v) is 14.2. The molecule has 0 bridgehead atoms. The third-order valence-corrected chi connectivity index (χ3v) is 4.13. The fourth-order valence-corrected chi connectivity index (χ4v) is 2.64. The van der Waals surface area contributed by atoms with E-state index in [0.717, 1.165) is 50.8 Å². The number of carbonyl (C=O) groups is 2. The van der Waals surface area contributed by atoms with Gasteiger partial charge in [-0.15, -0.1) is 0 Å². The Hall–Kier alpha value is -0.620. The second-order valence-corrected chi connectivity index (χ2v) is 6.24. The maximum absolute atomic E-state index is 12.1. The highest BCUT2D eigenvalue weighted by molar-refractivity contribution is 9.09. The van der Waals surface area contributed by atoms with Crippen LogP contribution >= 0.6 is 15.9 Å². The minimum absolute atomic E-state index is 0.127. The Kier molecular flexibility index (Phi) is 8.14. The molecular formula is C14H26BrN3O2. The number of halogens is 1. The Morgan fingerprint density at radius 3 is 2.50 bits per heavy atom. The molecule has 0 spiro atoms. The van der Waals surface area contributed by atoms with Crippen molar-refractivity contribution in [2.75, 3.05) is 52.1 Å². The van der Waals surface area contributed by atoms with Crippen LogP contribution in [0.2, 0.25) is 0 Å². The first-order valence-corrected chi connectivity index (χ1v) is 8.43. The van der Waals surface area contributed by atoms with Crippen LogP contribution in [0.25, 0.3) is 0 Å². The van der Waals surface area contributed by atoms with Crippen molar-refractivity contribution >= 4 is 27.7 Å². The third kappa shape index (κ3) is 6.22. The number of unbranched alkanes of at least 4 members (excludes halogenated alkanes) is 1. The van der Waals surface area contributed by atoms with E-state index in [9.17, 15) is 9.59 Å². The SMILES string of the molecule is CN(C)C(=O)CN1CCCN(C(=O)CCCCBr)CC1. The predicted molar refractivity (Wildman–Crippen MR) is 84.0 cm³/mol. The first-order valence-electron chi connectivity index (χ1n) is 7.31. The molecular weight excluding hydrogens is 322 g/mol. The molecule has 1 heterocycles. The first kappa shape index (κ1) is 17.4. The monoisotopic (exact) mass is 347 g/mol. The summed E-state index contributed by atoms with van der Waals surface area (Å²) in [4.78, 5) is 29.5. The van der Waals surface area contributed by atoms with E-state index in [1.807, 2.05) is 4.90 Å². The molecule has 0 aromatic carbocycles. The van der Waals surface area contributed by atoms with Gasteiger partial charge in [0.15, 0.2) is 0 Å². The van der Waals surface area contributed by atoms with Crippen molar-refractivity contribution in [3.05, 3.63) is 0 Å². The van der Waals surface area contributed by atoms with Crippen LogP contribution in [0.3, 0.4) is 0 Å². The molecule has 1 rings (SSSR count). The van der Waals surface area contributed by atoms with Gasteiger partial charge in [0.05, 0.1) is 6.54 Å². The zero-order valence-electron chi connectivity index (χ0n) is 12.6. The average molecular weight is 348 g/mol. The second kappa shape index (κ2) is 9.34. The summed E-state index contributed by atoms with van der Waals surface area (Å²) in [5.41, 5.74) is 0. The van der Waals surface area contributed by atoms with Crippen LogP contribution in [-0.4, -0.2) is 78.7 Å². The number of hydrogen-bond acceptors (Lipinski definition) is 3. The van der Waals surface area contributed by atoms with Crippen LogP contribution in [0.4, 0.5) is 0 Å². The molecule has 0 aromatic heterocycles. The molecule has 1 fully saturated rings. The van der Waals surface area contributed by atoms with E-state index < -0.39 is 0 Å². The molecule has 0 aromatic rings. The van der Waals surface area contributed by atoms with Crippen molar-refractivity contribution in [1.82, 2.24) is 14.7 Å². The molecule has 0 radical (unpaired) electrons. The Labute approximate surface area is 130 Å². The number of alkyl halides is 1. The summed E-state index contributed by atoms with van der Waals surface area (Å²) >= 11 is 3.38. The molecule has 0 N–H and O–H groups in total. The van der Waals surface area contributed by atoms with Crippen LogP contribution in [-0.2, 0) is 9.59 Å². The highest BCUT2D eigenvalue weighted by atomic mass is 79.9. The maximum Gasteiger partial charge on any atom is 0.236 e. The lowest BCUT2D eigenvalue weighted by Crippen LogP contribution is -2.39. The number of nitrogens with zero attached hydrogens (tertiary/aromatic N) is 3. The molecule has 1 aliphatic heterocycles. The number of hydrogen-bond donors (Lipinski definition) is 0. The lowest BCUT2D eigenvalue weighted by molar-refractivity contribution is -0.131. The van der Waals surface area contributed by atoms with Crippen molar-refractivity contribution in [3.63, 3.8) is 0 Å². The van der Waals surface area contributed by atoms with Crippen LogP contribution in [0.15, 0.2) is 0 Å². The largest absolute Gasteiger partial charge is 0.348 e. The van der Waals surface area contributed by atoms with Gasteiger partial charge in [0.1, 0.15) is 0 Å². The van der Waals surface area contributed by atoms with Gasteiger partial charge < -0.3 is 9.80 Å². The van der Waals surface area contributed by atoms with Crippen LogP contribution in [0.1, 0.15) is 25.7 Å². The topological polar surface area (TPSA) is 43.9 Å². The first-order chi connectivity index (χ1) is 9.54. The molecule has 1 saturated heterocycles. The molecule has 1 aliphatic rings. The van der Waals surface area contributed by atoms with Gasteiger partial charge in [-0.3, -0.25) is 14.5 Å². The average Bonchev–Trinajstić information content (AvgIpc) is 2.64. The van der Waals surface area contributed by atoms with Crippen LogP contribution < -0.4 is 0 Å². The van der Waals surface area contributed by atoms with Crippen molar-refractivity contribution in [2.45, 2.75) is 25.7 Å². The Morgan fingerprint density at radius 2 is 1.85 bits per heavy atom. The number of rotatable bonds is 6. The van der Waals surface area contributed by atoms with E-state index in [1.165, 1.54) is 0 Å². The van der Waals surface area contributed by atoms with Gasteiger partial charge in [0, 0.05) is 52.0 Å².